The molecule has 1 aliphatic rings. The van der Waals surface area contributed by atoms with Gasteiger partial charge in [-0.3, -0.25) is 4.79 Å². The van der Waals surface area contributed by atoms with Gasteiger partial charge in [0.2, 0.25) is 5.78 Å². The SMILES string of the molecule is Cc1cc(C(=O)COc2ccc3c4c(c(=O)oc3c2)CCC4)c(C)n1-c1cccc(C(F)(F)F)c1. The number of aromatic nitrogens is 1. The van der Waals surface area contributed by atoms with Crippen LogP contribution in [-0.2, 0) is 19.0 Å². The molecular formula is C27H22F3NO4. The van der Waals surface area contributed by atoms with E-state index < -0.39 is 11.7 Å². The number of fused-ring (bicyclic) bond motifs is 3. The molecule has 0 aliphatic heterocycles. The van der Waals surface area contributed by atoms with Crippen molar-refractivity contribution in [1.82, 2.24) is 4.57 Å². The number of hydrogen-bond donors (Lipinski definition) is 0. The predicted molar refractivity (Wildman–Crippen MR) is 125 cm³/mol. The highest BCUT2D eigenvalue weighted by Crippen LogP contribution is 2.32. The first-order chi connectivity index (χ1) is 16.6. The first-order valence-electron chi connectivity index (χ1n) is 11.2. The van der Waals surface area contributed by atoms with Crippen LogP contribution in [0.4, 0.5) is 13.2 Å². The van der Waals surface area contributed by atoms with E-state index in [2.05, 4.69) is 0 Å². The largest absolute Gasteiger partial charge is 0.485 e. The van der Waals surface area contributed by atoms with Gasteiger partial charge in [-0.2, -0.15) is 13.2 Å². The molecule has 0 radical (unpaired) electrons. The molecule has 0 atom stereocenters. The number of ketones is 1. The Hall–Kier alpha value is -3.81. The quantitative estimate of drug-likeness (QED) is 0.260. The van der Waals surface area contributed by atoms with E-state index in [-0.39, 0.29) is 18.0 Å². The van der Waals surface area contributed by atoms with Crippen molar-refractivity contribution in [3.8, 4) is 11.4 Å². The summed E-state index contributed by atoms with van der Waals surface area (Å²) in [6, 6.07) is 11.8. The molecule has 2 aromatic heterocycles. The summed E-state index contributed by atoms with van der Waals surface area (Å²) in [4.78, 5) is 25.2. The van der Waals surface area contributed by atoms with E-state index in [0.29, 0.717) is 34.0 Å². The van der Waals surface area contributed by atoms with E-state index in [9.17, 15) is 22.8 Å². The normalized spacial score (nSPS) is 13.3. The Kier molecular flexibility index (Phi) is 5.54. The molecule has 5 nitrogen and oxygen atoms in total. The second kappa shape index (κ2) is 8.45. The molecule has 0 saturated carbocycles. The molecule has 0 amide bonds. The molecular weight excluding hydrogens is 459 g/mol. The molecule has 5 rings (SSSR count). The van der Waals surface area contributed by atoms with Crippen LogP contribution in [0.3, 0.4) is 0 Å². The minimum atomic E-state index is -4.46. The Labute approximate surface area is 198 Å². The monoisotopic (exact) mass is 481 g/mol. The van der Waals surface area contributed by atoms with E-state index in [0.717, 1.165) is 47.9 Å². The number of ether oxygens (including phenoxy) is 1. The maximum atomic E-state index is 13.2. The minimum Gasteiger partial charge on any atom is -0.485 e. The van der Waals surface area contributed by atoms with Crippen LogP contribution in [0.15, 0.2) is 57.7 Å². The third-order valence-corrected chi connectivity index (χ3v) is 6.48. The molecule has 0 fully saturated rings. The lowest BCUT2D eigenvalue weighted by Crippen LogP contribution is -2.13. The fourth-order valence-corrected chi connectivity index (χ4v) is 4.84. The smallest absolute Gasteiger partial charge is 0.416 e. The topological polar surface area (TPSA) is 61.4 Å². The summed E-state index contributed by atoms with van der Waals surface area (Å²) in [6.07, 6.45) is -1.99. The minimum absolute atomic E-state index is 0.270. The van der Waals surface area contributed by atoms with Crippen LogP contribution in [0.1, 0.15) is 44.9 Å². The molecule has 0 spiro atoms. The predicted octanol–water partition coefficient (Wildman–Crippen LogP) is 5.97. The molecule has 2 aromatic carbocycles. The number of hydrogen-bond acceptors (Lipinski definition) is 4. The zero-order valence-corrected chi connectivity index (χ0v) is 19.2. The number of carbonyl (C=O) groups excluding carboxylic acids is 1. The highest BCUT2D eigenvalue weighted by atomic mass is 19.4. The molecule has 180 valence electrons. The average molecular weight is 481 g/mol. The van der Waals surface area contributed by atoms with Crippen LogP contribution in [0.5, 0.6) is 5.75 Å². The van der Waals surface area contributed by atoms with Gasteiger partial charge in [0.15, 0.2) is 6.61 Å². The van der Waals surface area contributed by atoms with Gasteiger partial charge in [0.05, 0.1) is 5.56 Å². The second-order valence-electron chi connectivity index (χ2n) is 8.74. The maximum absolute atomic E-state index is 13.2. The number of carbonyl (C=O) groups is 1. The van der Waals surface area contributed by atoms with E-state index >= 15 is 0 Å². The number of halogens is 3. The Morgan fingerprint density at radius 1 is 1.06 bits per heavy atom. The summed E-state index contributed by atoms with van der Waals surface area (Å²) >= 11 is 0. The van der Waals surface area contributed by atoms with Crippen molar-refractivity contribution in [2.24, 2.45) is 0 Å². The number of alkyl halides is 3. The van der Waals surface area contributed by atoms with Crippen LogP contribution in [-0.4, -0.2) is 17.0 Å². The van der Waals surface area contributed by atoms with Gasteiger partial charge in [-0.1, -0.05) is 6.07 Å². The Bertz CT molecular complexity index is 1530. The molecule has 1 aliphatic carbocycles. The van der Waals surface area contributed by atoms with Gasteiger partial charge < -0.3 is 13.7 Å². The van der Waals surface area contributed by atoms with Gasteiger partial charge in [-0.05, 0) is 75.1 Å². The highest BCUT2D eigenvalue weighted by Gasteiger charge is 2.31. The van der Waals surface area contributed by atoms with Gasteiger partial charge in [0, 0.05) is 39.7 Å². The number of aryl methyl sites for hydroxylation is 2. The summed E-state index contributed by atoms with van der Waals surface area (Å²) in [5.41, 5.74) is 2.92. The zero-order chi connectivity index (χ0) is 24.9. The van der Waals surface area contributed by atoms with Gasteiger partial charge in [-0.15, -0.1) is 0 Å². The van der Waals surface area contributed by atoms with Crippen molar-refractivity contribution in [3.63, 3.8) is 0 Å². The van der Waals surface area contributed by atoms with Gasteiger partial charge in [0.25, 0.3) is 0 Å². The molecule has 2 heterocycles. The van der Waals surface area contributed by atoms with Crippen molar-refractivity contribution in [2.45, 2.75) is 39.3 Å². The first kappa shape index (κ1) is 23.0. The van der Waals surface area contributed by atoms with Crippen molar-refractivity contribution >= 4 is 16.8 Å². The Morgan fingerprint density at radius 2 is 1.83 bits per heavy atom. The van der Waals surface area contributed by atoms with E-state index in [1.165, 1.54) is 6.07 Å². The number of benzene rings is 2. The number of rotatable bonds is 5. The van der Waals surface area contributed by atoms with Gasteiger partial charge in [-0.25, -0.2) is 4.79 Å². The van der Waals surface area contributed by atoms with E-state index in [4.69, 9.17) is 9.15 Å². The fourth-order valence-electron chi connectivity index (χ4n) is 4.84. The number of Topliss-reactive ketones (excluding diaryl/α,β-unsaturated/α-hetero) is 1. The zero-order valence-electron chi connectivity index (χ0n) is 19.2. The highest BCUT2D eigenvalue weighted by molar-refractivity contribution is 5.99. The average Bonchev–Trinajstić information content (AvgIpc) is 3.42. The standard InChI is InChI=1S/C27H22F3NO4/c1-15-11-23(16(2)31(15)18-6-3-5-17(12-18)27(28,29)30)24(32)14-34-19-9-10-21-20-7-4-8-22(20)26(33)35-25(21)13-19/h3,5-6,9-13H,4,7-8,14H2,1-2H3. The maximum Gasteiger partial charge on any atom is 0.416 e. The number of nitrogens with zero attached hydrogens (tertiary/aromatic N) is 1. The summed E-state index contributed by atoms with van der Waals surface area (Å²) < 4.78 is 52.2. The summed E-state index contributed by atoms with van der Waals surface area (Å²) in [5.74, 6) is 0.0745. The van der Waals surface area contributed by atoms with Crippen LogP contribution < -0.4 is 10.4 Å². The fraction of sp³-hybridized carbons (Fsp3) is 0.259. The van der Waals surface area contributed by atoms with Crippen LogP contribution >= 0.6 is 0 Å². The van der Waals surface area contributed by atoms with Crippen LogP contribution in [0, 0.1) is 13.8 Å². The van der Waals surface area contributed by atoms with Crippen molar-refractivity contribution in [2.75, 3.05) is 6.61 Å². The van der Waals surface area contributed by atoms with Crippen molar-refractivity contribution in [3.05, 3.63) is 92.6 Å². The van der Waals surface area contributed by atoms with Gasteiger partial charge in [0.1, 0.15) is 11.3 Å². The van der Waals surface area contributed by atoms with Gasteiger partial charge >= 0.3 is 11.8 Å². The molecule has 8 heteroatoms. The Balaban J connectivity index is 1.38. The lowest BCUT2D eigenvalue weighted by Gasteiger charge is -2.13. The van der Waals surface area contributed by atoms with E-state index in [1.807, 2.05) is 6.07 Å². The molecule has 4 aromatic rings. The summed E-state index contributed by atoms with van der Waals surface area (Å²) in [7, 11) is 0. The lowest BCUT2D eigenvalue weighted by molar-refractivity contribution is -0.137. The molecule has 0 unspecified atom stereocenters. The van der Waals surface area contributed by atoms with Crippen LogP contribution in [0.2, 0.25) is 0 Å². The third-order valence-electron chi connectivity index (χ3n) is 6.48. The molecule has 35 heavy (non-hydrogen) atoms. The van der Waals surface area contributed by atoms with Crippen LogP contribution in [0.25, 0.3) is 16.7 Å². The van der Waals surface area contributed by atoms with Crippen molar-refractivity contribution < 1.29 is 27.1 Å². The molecule has 0 bridgehead atoms. The van der Waals surface area contributed by atoms with E-state index in [1.54, 1.807) is 42.7 Å². The first-order valence-corrected chi connectivity index (χ1v) is 11.2. The Morgan fingerprint density at radius 3 is 2.60 bits per heavy atom. The third kappa shape index (κ3) is 4.13. The summed E-state index contributed by atoms with van der Waals surface area (Å²) in [6.45, 7) is 3.15. The summed E-state index contributed by atoms with van der Waals surface area (Å²) in [5, 5.41) is 0.875. The lowest BCUT2D eigenvalue weighted by atomic mass is 10.1. The second-order valence-corrected chi connectivity index (χ2v) is 8.74. The van der Waals surface area contributed by atoms with Crippen molar-refractivity contribution in [1.29, 1.82) is 0 Å². The molecule has 0 saturated heterocycles. The molecule has 0 N–H and O–H groups in total.